The fraction of sp³-hybridized carbons (Fsp3) is 0.0833. The molecule has 35 heavy (non-hydrogen) atoms. The number of carbonyl (C=O) groups is 1. The van der Waals surface area contributed by atoms with Crippen molar-refractivity contribution >= 4 is 36.1 Å². The lowest BCUT2D eigenvalue weighted by Crippen LogP contribution is -2.25. The lowest BCUT2D eigenvalue weighted by Gasteiger charge is -2.20. The second-order valence-corrected chi connectivity index (χ2v) is 8.21. The van der Waals surface area contributed by atoms with Crippen LogP contribution in [-0.4, -0.2) is 50.4 Å². The van der Waals surface area contributed by atoms with Crippen LogP contribution in [0.3, 0.4) is 0 Å². The zero-order valence-electron chi connectivity index (χ0n) is 18.8. The number of aromatic nitrogens is 4. The number of aliphatic hydroxyl groups is 2. The van der Waals surface area contributed by atoms with Crippen molar-refractivity contribution in [3.63, 3.8) is 0 Å². The maximum absolute atomic E-state index is 13.7. The minimum atomic E-state index is -2.10. The number of hydrogen-bond acceptors (Lipinski definition) is 7. The fourth-order valence-corrected chi connectivity index (χ4v) is 4.10. The molecule has 0 aliphatic carbocycles. The number of nitrogen functional groups attached to an aromatic ring is 1. The molecule has 0 saturated carbocycles. The van der Waals surface area contributed by atoms with Gasteiger partial charge in [-0.25, -0.2) is 14.4 Å². The van der Waals surface area contributed by atoms with Crippen LogP contribution in [0.1, 0.15) is 16.1 Å². The average Bonchev–Trinajstić information content (AvgIpc) is 3.28. The number of carbonyl (C=O) groups excluding carboxylic acids is 1. The predicted molar refractivity (Wildman–Crippen MR) is 132 cm³/mol. The van der Waals surface area contributed by atoms with Crippen molar-refractivity contribution in [2.24, 2.45) is 0 Å². The number of halogens is 1. The molecule has 0 aliphatic heterocycles. The van der Waals surface area contributed by atoms with Crippen LogP contribution in [0.4, 0.5) is 10.2 Å². The first-order valence-electron chi connectivity index (χ1n) is 10.7. The maximum atomic E-state index is 13.7. The van der Waals surface area contributed by atoms with Crippen molar-refractivity contribution in [3.8, 4) is 22.5 Å². The molecule has 5 rings (SSSR count). The number of hydrogen-bond donors (Lipinski definition) is 4. The Kier molecular flexibility index (Phi) is 5.23. The monoisotopic (exact) mass is 470 g/mol. The molecule has 174 valence electrons. The van der Waals surface area contributed by atoms with Crippen LogP contribution < -0.4 is 11.1 Å². The van der Waals surface area contributed by atoms with Gasteiger partial charge in [0.2, 0.25) is 0 Å². The van der Waals surface area contributed by atoms with Crippen molar-refractivity contribution in [3.05, 3.63) is 78.0 Å². The van der Waals surface area contributed by atoms with Crippen LogP contribution in [0, 0.1) is 5.82 Å². The minimum absolute atomic E-state index is 0.0877. The Bertz CT molecular complexity index is 1610. The number of fused-ring (bicyclic) bond motifs is 2. The molecule has 1 amide bonds. The van der Waals surface area contributed by atoms with Crippen LogP contribution in [0.5, 0.6) is 0 Å². The molecule has 0 spiro atoms. The van der Waals surface area contributed by atoms with Gasteiger partial charge in [0.15, 0.2) is 19.3 Å². The minimum Gasteiger partial charge on any atom is -0.381 e. The first-order valence-corrected chi connectivity index (χ1v) is 10.7. The normalized spacial score (nSPS) is 11.8. The van der Waals surface area contributed by atoms with Gasteiger partial charge in [0, 0.05) is 41.5 Å². The van der Waals surface area contributed by atoms with Crippen molar-refractivity contribution in [2.75, 3.05) is 12.8 Å². The molecule has 0 radical (unpaired) electrons. The highest BCUT2D eigenvalue weighted by atomic mass is 19.1. The Balaban J connectivity index is 1.88. The summed E-state index contributed by atoms with van der Waals surface area (Å²) < 4.78 is 15.3. The standard InChI is InChI=1S/C24H20BFN6O3/c1-28-23(33)18-11-32-20(13-4-7-17-15(10-13)16(8-9-29-17)24(25,34)35)19(31-21(27)22(32)30-18)12-2-5-14(26)6-3-12/h2-11,34-35H,25H2,1H3,(H2,27,31)(H,28,33). The van der Waals surface area contributed by atoms with E-state index in [0.717, 1.165) is 0 Å². The van der Waals surface area contributed by atoms with Crippen LogP contribution in [-0.2, 0) is 5.69 Å². The molecule has 0 fully saturated rings. The first kappa shape index (κ1) is 22.4. The molecule has 0 saturated heterocycles. The van der Waals surface area contributed by atoms with E-state index in [9.17, 15) is 19.4 Å². The van der Waals surface area contributed by atoms with Gasteiger partial charge in [-0.05, 0) is 42.5 Å². The van der Waals surface area contributed by atoms with E-state index < -0.39 is 17.4 Å². The Morgan fingerprint density at radius 1 is 1.11 bits per heavy atom. The molecule has 2 aromatic carbocycles. The number of pyridine rings is 1. The van der Waals surface area contributed by atoms with Gasteiger partial charge < -0.3 is 21.3 Å². The van der Waals surface area contributed by atoms with Crippen molar-refractivity contribution in [1.82, 2.24) is 24.7 Å². The number of nitrogens with zero attached hydrogens (tertiary/aromatic N) is 4. The number of imidazole rings is 1. The highest BCUT2D eigenvalue weighted by Crippen LogP contribution is 2.36. The lowest BCUT2D eigenvalue weighted by molar-refractivity contribution is -0.0898. The number of anilines is 1. The number of benzene rings is 2. The van der Waals surface area contributed by atoms with E-state index >= 15 is 0 Å². The largest absolute Gasteiger partial charge is 0.381 e. The molecule has 0 atom stereocenters. The van der Waals surface area contributed by atoms with E-state index in [1.165, 1.54) is 39.3 Å². The van der Waals surface area contributed by atoms with Crippen LogP contribution in [0.15, 0.2) is 60.9 Å². The molecular formula is C24H20BFN6O3. The second-order valence-electron chi connectivity index (χ2n) is 8.21. The van der Waals surface area contributed by atoms with E-state index in [4.69, 9.17) is 5.73 Å². The second kappa shape index (κ2) is 8.15. The van der Waals surface area contributed by atoms with Crippen molar-refractivity contribution in [1.29, 1.82) is 0 Å². The summed E-state index contributed by atoms with van der Waals surface area (Å²) in [5, 5.41) is 23.7. The summed E-state index contributed by atoms with van der Waals surface area (Å²) in [5.74, 6) is -0.714. The molecule has 3 aromatic heterocycles. The number of amides is 1. The van der Waals surface area contributed by atoms with Gasteiger partial charge in [0.25, 0.3) is 5.91 Å². The van der Waals surface area contributed by atoms with E-state index in [1.807, 2.05) is 0 Å². The molecule has 0 bridgehead atoms. The number of nitrogens with two attached hydrogens (primary N) is 1. The first-order chi connectivity index (χ1) is 16.7. The summed E-state index contributed by atoms with van der Waals surface area (Å²) in [6, 6.07) is 12.6. The molecule has 0 unspecified atom stereocenters. The molecular weight excluding hydrogens is 450 g/mol. The summed E-state index contributed by atoms with van der Waals surface area (Å²) >= 11 is 0. The highest BCUT2D eigenvalue weighted by molar-refractivity contribution is 6.14. The van der Waals surface area contributed by atoms with Gasteiger partial charge in [-0.2, -0.15) is 0 Å². The SMILES string of the molecule is BC(O)(O)c1ccnc2ccc(-c3c(-c4ccc(F)cc4)nc(N)c4nc(C(=O)NC)cn34)cc12. The smallest absolute Gasteiger partial charge is 0.271 e. The highest BCUT2D eigenvalue weighted by Gasteiger charge is 2.24. The average molecular weight is 470 g/mol. The van der Waals surface area contributed by atoms with Crippen molar-refractivity contribution < 1.29 is 19.4 Å². The Morgan fingerprint density at radius 2 is 1.83 bits per heavy atom. The Morgan fingerprint density at radius 3 is 2.51 bits per heavy atom. The third-order valence-corrected chi connectivity index (χ3v) is 5.74. The van der Waals surface area contributed by atoms with Gasteiger partial charge in [0.05, 0.1) is 16.9 Å². The topological polar surface area (TPSA) is 139 Å². The van der Waals surface area contributed by atoms with E-state index in [-0.39, 0.29) is 22.7 Å². The Hall–Kier alpha value is -4.35. The molecule has 9 nitrogen and oxygen atoms in total. The molecule has 5 N–H and O–H groups in total. The van der Waals surface area contributed by atoms with Crippen LogP contribution >= 0.6 is 0 Å². The van der Waals surface area contributed by atoms with Gasteiger partial charge in [-0.15, -0.1) is 0 Å². The van der Waals surface area contributed by atoms with Gasteiger partial charge in [-0.1, -0.05) is 6.07 Å². The van der Waals surface area contributed by atoms with Gasteiger partial charge in [0.1, 0.15) is 17.2 Å². The lowest BCUT2D eigenvalue weighted by atomic mass is 9.85. The molecule has 5 aromatic rings. The van der Waals surface area contributed by atoms with E-state index in [2.05, 4.69) is 20.3 Å². The van der Waals surface area contributed by atoms with Gasteiger partial charge in [-0.3, -0.25) is 14.2 Å². The zero-order chi connectivity index (χ0) is 24.9. The zero-order valence-corrected chi connectivity index (χ0v) is 18.8. The number of nitrogens with one attached hydrogen (secondary N) is 1. The summed E-state index contributed by atoms with van der Waals surface area (Å²) in [4.78, 5) is 25.5. The van der Waals surface area contributed by atoms with E-state index in [1.54, 1.807) is 40.9 Å². The summed E-state index contributed by atoms with van der Waals surface area (Å²) in [6.45, 7) is 0. The summed E-state index contributed by atoms with van der Waals surface area (Å²) in [5.41, 5.74) is 7.51. The molecule has 0 aliphatic rings. The third-order valence-electron chi connectivity index (χ3n) is 5.74. The van der Waals surface area contributed by atoms with Crippen LogP contribution in [0.2, 0.25) is 0 Å². The third kappa shape index (κ3) is 3.86. The summed E-state index contributed by atoms with van der Waals surface area (Å²) in [6.07, 6.45) is 3.05. The van der Waals surface area contributed by atoms with E-state index in [0.29, 0.717) is 33.4 Å². The maximum Gasteiger partial charge on any atom is 0.271 e. The quantitative estimate of drug-likeness (QED) is 0.230. The number of rotatable bonds is 4. The van der Waals surface area contributed by atoms with Crippen LogP contribution in [0.25, 0.3) is 39.1 Å². The van der Waals surface area contributed by atoms with Crippen molar-refractivity contribution in [2.45, 2.75) is 5.69 Å². The predicted octanol–water partition coefficient (Wildman–Crippen LogP) is 1.42. The molecule has 11 heteroatoms. The Labute approximate surface area is 199 Å². The van der Waals surface area contributed by atoms with Gasteiger partial charge >= 0.3 is 0 Å². The fourth-order valence-electron chi connectivity index (χ4n) is 4.10. The summed E-state index contributed by atoms with van der Waals surface area (Å²) in [7, 11) is 2.77. The molecule has 3 heterocycles.